The topological polar surface area (TPSA) is 612 Å². The minimum absolute atomic E-state index is 0.0195. The van der Waals surface area contributed by atoms with Gasteiger partial charge in [0.05, 0.1) is 38.6 Å². The number of carbonyl (C=O) groups is 17. The van der Waals surface area contributed by atoms with Crippen molar-refractivity contribution >= 4 is 107 Å². The summed E-state index contributed by atoms with van der Waals surface area (Å²) in [5.41, 5.74) is 17.8. The lowest BCUT2D eigenvalue weighted by molar-refractivity contribution is -0.145. The van der Waals surface area contributed by atoms with E-state index in [9.17, 15) is 102 Å². The monoisotopic (exact) mass is 1480 g/mol. The Morgan fingerprint density at radius 2 is 0.905 bits per heavy atom. The zero-order valence-corrected chi connectivity index (χ0v) is 59.0. The van der Waals surface area contributed by atoms with Gasteiger partial charge in [-0.25, -0.2) is 4.79 Å². The summed E-state index contributed by atoms with van der Waals surface area (Å²) >= 11 is 0. The van der Waals surface area contributed by atoms with E-state index in [1.54, 1.807) is 74.5 Å². The number of aliphatic imine (C=N–C) groups is 1. The summed E-state index contributed by atoms with van der Waals surface area (Å²) in [5, 5.41) is 66.9. The molecular weight excluding hydrogens is 1380 g/mol. The number of benzene rings is 2. The quantitative estimate of drug-likeness (QED) is 0.0167. The Morgan fingerprint density at radius 1 is 0.476 bits per heavy atom. The second-order valence-electron chi connectivity index (χ2n) is 25.6. The number of carbonyl (C=O) groups excluding carboxylic acids is 14. The van der Waals surface area contributed by atoms with E-state index in [1.165, 1.54) is 32.6 Å². The van der Waals surface area contributed by atoms with Gasteiger partial charge in [-0.1, -0.05) is 74.5 Å². The summed E-state index contributed by atoms with van der Waals surface area (Å²) in [6.07, 6.45) is -1.79. The molecule has 13 atom stereocenters. The number of rotatable bonds is 41. The summed E-state index contributed by atoms with van der Waals surface area (Å²) in [7, 11) is 0. The number of guanidine groups is 1. The minimum Gasteiger partial charge on any atom is -0.481 e. The van der Waals surface area contributed by atoms with Crippen LogP contribution in [0, 0.1) is 5.92 Å². The Kier molecular flexibility index (Phi) is 34.6. The van der Waals surface area contributed by atoms with Crippen molar-refractivity contribution in [3.05, 3.63) is 71.8 Å². The highest BCUT2D eigenvalue weighted by atomic mass is 16.4. The highest BCUT2D eigenvalue weighted by Crippen LogP contribution is 2.22. The van der Waals surface area contributed by atoms with Crippen LogP contribution in [0.15, 0.2) is 65.7 Å². The predicted molar refractivity (Wildman–Crippen MR) is 370 cm³/mol. The van der Waals surface area contributed by atoms with Crippen LogP contribution in [0.2, 0.25) is 0 Å². The van der Waals surface area contributed by atoms with E-state index in [4.69, 9.17) is 17.2 Å². The van der Waals surface area contributed by atoms with Crippen LogP contribution < -0.4 is 81.0 Å². The lowest BCUT2D eigenvalue weighted by atomic mass is 10.00. The molecular formula is C66H96N18O21. The number of carboxylic acids is 3. The number of nitrogens with one attached hydrogen (secondary N) is 12. The summed E-state index contributed by atoms with van der Waals surface area (Å²) in [5.74, 6) is -18.8. The number of nitrogens with zero attached hydrogens (tertiary/aromatic N) is 3. The number of hydrogen-bond donors (Lipinski definition) is 19. The van der Waals surface area contributed by atoms with Crippen molar-refractivity contribution in [2.24, 2.45) is 28.1 Å². The fourth-order valence-corrected chi connectivity index (χ4v) is 11.0. The SMILES string of the molecule is CC(C)[C@H](NC(=O)[C@H](C)NC(=O)[C@H](CCCN=C(N)N)NC(=O)[C@@H]1CCCN1C(=O)[C@H](C)NC(=O)[C@H](CC(=O)O)NC(=O)[C@H](CC(=O)O)NC(=O)CNC(=O)[C@H](C)NC(=O)[C@H](Cc1ccccc1)NC(=O)CNC(=O)[C@H](C)N)C(=O)N[C@@H](Cc1ccccc1)C(=O)N1CCC[C@H]1C(=O)N[C@@H](CO)C(=O)O. The molecule has 105 heavy (non-hydrogen) atoms. The highest BCUT2D eigenvalue weighted by Gasteiger charge is 2.42. The Morgan fingerprint density at radius 3 is 1.39 bits per heavy atom. The van der Waals surface area contributed by atoms with E-state index in [0.29, 0.717) is 17.5 Å². The fourth-order valence-electron chi connectivity index (χ4n) is 11.0. The Bertz CT molecular complexity index is 3490. The first-order valence-electron chi connectivity index (χ1n) is 33.9. The molecule has 576 valence electrons. The maximum absolute atomic E-state index is 14.3. The van der Waals surface area contributed by atoms with Crippen LogP contribution in [0.4, 0.5) is 0 Å². The Balaban J connectivity index is 1.41. The second-order valence-corrected chi connectivity index (χ2v) is 25.6. The molecule has 0 bridgehead atoms. The Labute approximate surface area is 603 Å². The fraction of sp³-hybridized carbons (Fsp3) is 0.545. The van der Waals surface area contributed by atoms with Gasteiger partial charge in [-0.05, 0) is 83.3 Å². The molecule has 2 aliphatic rings. The molecule has 4 rings (SSSR count). The molecule has 2 heterocycles. The normalized spacial score (nSPS) is 17.0. The van der Waals surface area contributed by atoms with E-state index in [-0.39, 0.29) is 70.5 Å². The molecule has 2 aromatic carbocycles. The van der Waals surface area contributed by atoms with E-state index in [1.807, 2.05) is 0 Å². The molecule has 39 heteroatoms. The summed E-state index contributed by atoms with van der Waals surface area (Å²) in [6, 6.07) is -1.90. The summed E-state index contributed by atoms with van der Waals surface area (Å²) in [6.45, 7) is 5.85. The van der Waals surface area contributed by atoms with Crippen molar-refractivity contribution in [1.82, 2.24) is 73.6 Å². The number of amides is 14. The van der Waals surface area contributed by atoms with Gasteiger partial charge >= 0.3 is 17.9 Å². The highest BCUT2D eigenvalue weighted by molar-refractivity contribution is 6.01. The molecule has 22 N–H and O–H groups in total. The molecule has 0 saturated carbocycles. The molecule has 0 unspecified atom stereocenters. The van der Waals surface area contributed by atoms with Crippen LogP contribution in [0.5, 0.6) is 0 Å². The standard InChI is InChI=1S/C66H96N18O21/c1-33(2)52(62(101)80-44(27-39-18-11-8-12-19-39)64(103)84-25-15-22-47(84)61(100)81-45(32-85)65(104)105)82-55(94)36(5)74-56(95)40(20-13-23-70-66(68)69)78-60(99)46-21-14-24-83(46)63(102)37(6)75-58(97)43(29-51(90)91)79-59(98)42(28-50(88)89)77-49(87)31-72-54(93)35(4)73-57(96)41(26-38-16-9-7-10-17-38)76-48(86)30-71-53(92)34(3)67/h7-12,16-19,33-37,40-47,52,85H,13-15,20-32,67H2,1-6H3,(H,71,92)(H,72,93)(H,73,96)(H,74,95)(H,75,97)(H,76,86)(H,77,87)(H,78,99)(H,79,98)(H,80,101)(H,81,100)(H,82,94)(H,88,89)(H,90,91)(H,104,105)(H4,68,69,70)/t34-,35-,36-,37-,40-,41-,42-,43-,44-,45-,46-,47-,52-/m0/s1. The average molecular weight is 1480 g/mol. The molecule has 0 spiro atoms. The number of aliphatic hydroxyl groups excluding tert-OH is 1. The van der Waals surface area contributed by atoms with Crippen molar-refractivity contribution in [1.29, 1.82) is 0 Å². The molecule has 0 aliphatic carbocycles. The third-order valence-corrected chi connectivity index (χ3v) is 16.7. The molecule has 2 aliphatic heterocycles. The van der Waals surface area contributed by atoms with Gasteiger partial charge in [-0.2, -0.15) is 0 Å². The first-order valence-corrected chi connectivity index (χ1v) is 33.9. The number of hydrogen-bond acceptors (Lipinski definition) is 20. The first-order chi connectivity index (χ1) is 49.5. The molecule has 2 aromatic rings. The molecule has 2 saturated heterocycles. The van der Waals surface area contributed by atoms with Crippen LogP contribution in [0.25, 0.3) is 0 Å². The van der Waals surface area contributed by atoms with E-state index >= 15 is 0 Å². The second kappa shape index (κ2) is 42.3. The number of nitrogens with two attached hydrogens (primary N) is 3. The lowest BCUT2D eigenvalue weighted by Crippen LogP contribution is -2.61. The smallest absolute Gasteiger partial charge is 0.328 e. The third-order valence-electron chi connectivity index (χ3n) is 16.7. The third kappa shape index (κ3) is 28.4. The van der Waals surface area contributed by atoms with Crippen LogP contribution in [-0.4, -0.2) is 255 Å². The van der Waals surface area contributed by atoms with Gasteiger partial charge in [-0.15, -0.1) is 0 Å². The summed E-state index contributed by atoms with van der Waals surface area (Å²) in [4.78, 5) is 232. The van der Waals surface area contributed by atoms with Crippen molar-refractivity contribution in [3.63, 3.8) is 0 Å². The lowest BCUT2D eigenvalue weighted by Gasteiger charge is -2.31. The van der Waals surface area contributed by atoms with Crippen molar-refractivity contribution < 1.29 is 102 Å². The van der Waals surface area contributed by atoms with Gasteiger partial charge in [0.1, 0.15) is 72.5 Å². The minimum atomic E-state index is -2.04. The Hall–Kier alpha value is -11.4. The number of likely N-dealkylation sites (tertiary alicyclic amines) is 2. The van der Waals surface area contributed by atoms with Gasteiger partial charge in [0.15, 0.2) is 5.96 Å². The van der Waals surface area contributed by atoms with Gasteiger partial charge in [0.2, 0.25) is 82.7 Å². The maximum Gasteiger partial charge on any atom is 0.328 e. The van der Waals surface area contributed by atoms with Crippen molar-refractivity contribution in [2.75, 3.05) is 39.3 Å². The number of aliphatic hydroxyl groups is 1. The largest absolute Gasteiger partial charge is 0.481 e. The van der Waals surface area contributed by atoms with Crippen LogP contribution in [0.1, 0.15) is 104 Å². The van der Waals surface area contributed by atoms with Gasteiger partial charge in [0, 0.05) is 32.5 Å². The van der Waals surface area contributed by atoms with Gasteiger partial charge in [0.25, 0.3) is 0 Å². The van der Waals surface area contributed by atoms with Crippen molar-refractivity contribution in [3.8, 4) is 0 Å². The average Bonchev–Trinajstić information content (AvgIpc) is 1.73. The molecule has 14 amide bonds. The number of carboxylic acid groups (broad SMARTS) is 3. The van der Waals surface area contributed by atoms with Crippen LogP contribution >= 0.6 is 0 Å². The maximum atomic E-state index is 14.3. The molecule has 0 radical (unpaired) electrons. The van der Waals surface area contributed by atoms with Crippen molar-refractivity contribution in [2.45, 2.75) is 184 Å². The molecule has 2 fully saturated rings. The van der Waals surface area contributed by atoms with Gasteiger partial charge < -0.3 is 111 Å². The van der Waals surface area contributed by atoms with Crippen LogP contribution in [-0.2, 0) is 94.3 Å². The first kappa shape index (κ1) is 86.0. The number of aliphatic carboxylic acids is 3. The van der Waals surface area contributed by atoms with E-state index in [2.05, 4.69) is 68.8 Å². The predicted octanol–water partition coefficient (Wildman–Crippen LogP) is -7.32. The van der Waals surface area contributed by atoms with E-state index in [0.717, 1.165) is 4.90 Å². The zero-order valence-electron chi connectivity index (χ0n) is 59.0. The molecule has 0 aromatic heterocycles. The van der Waals surface area contributed by atoms with Gasteiger partial charge in [-0.3, -0.25) is 81.7 Å². The van der Waals surface area contributed by atoms with E-state index < -0.39 is 218 Å². The molecule has 39 nitrogen and oxygen atoms in total. The zero-order chi connectivity index (χ0) is 78.4. The summed E-state index contributed by atoms with van der Waals surface area (Å²) < 4.78 is 0. The van der Waals surface area contributed by atoms with Crippen LogP contribution in [0.3, 0.4) is 0 Å².